The molecule has 0 spiro atoms. The van der Waals surface area contributed by atoms with Gasteiger partial charge in [0, 0.05) is 0 Å². The van der Waals surface area contributed by atoms with E-state index >= 15 is 0 Å². The van der Waals surface area contributed by atoms with Crippen molar-refractivity contribution in [2.75, 3.05) is 19.1 Å². The van der Waals surface area contributed by atoms with Crippen LogP contribution in [0, 0.1) is 0 Å². The molecule has 2 atom stereocenters. The Labute approximate surface area is 193 Å². The van der Waals surface area contributed by atoms with Crippen molar-refractivity contribution in [3.8, 4) is 11.5 Å². The Bertz CT molecular complexity index is 1250. The number of anilines is 1. The van der Waals surface area contributed by atoms with Crippen LogP contribution in [0.4, 0.5) is 5.69 Å². The number of benzene rings is 4. The van der Waals surface area contributed by atoms with Crippen LogP contribution in [0.3, 0.4) is 0 Å². The Hall–Kier alpha value is -3.27. The van der Waals surface area contributed by atoms with Gasteiger partial charge in [-0.1, -0.05) is 0 Å². The number of carbonyl (C=O) groups excluding carboxylic acids is 1. The van der Waals surface area contributed by atoms with Gasteiger partial charge in [0.1, 0.15) is 0 Å². The number of rotatable bonds is 6. The molecule has 1 amide bonds. The van der Waals surface area contributed by atoms with Crippen LogP contribution in [-0.4, -0.2) is 35.1 Å². The van der Waals surface area contributed by atoms with E-state index in [1.165, 1.54) is 15.2 Å². The van der Waals surface area contributed by atoms with Crippen LogP contribution in [-0.2, 0) is 4.79 Å². The van der Waals surface area contributed by atoms with Crippen molar-refractivity contribution in [2.24, 2.45) is 0 Å². The number of β-lactam (4-membered cyclic amide) rings is 1. The minimum absolute atomic E-state index is 0.00842. The SMILES string of the molecule is COc1ccc([C@@H]2[C@@H]([Se]c3cccc4ccccc34)C(=O)N2c2ccc(OC)cc2)cc1. The number of nitrogens with zero attached hydrogens (tertiary/aromatic N) is 1. The quantitative estimate of drug-likeness (QED) is 0.290. The summed E-state index contributed by atoms with van der Waals surface area (Å²) >= 11 is -0.00842. The van der Waals surface area contributed by atoms with Crippen molar-refractivity contribution >= 4 is 41.8 Å². The molecule has 1 heterocycles. The molecule has 0 N–H and O–H groups in total. The Morgan fingerprint density at radius 1 is 0.750 bits per heavy atom. The minimum atomic E-state index is -0.0659. The second-order valence-corrected chi connectivity index (χ2v) is 10.1. The van der Waals surface area contributed by atoms with E-state index in [9.17, 15) is 4.79 Å². The molecule has 4 aromatic carbocycles. The molecule has 5 rings (SSSR count). The molecule has 0 bridgehead atoms. The molecule has 5 heteroatoms. The first-order valence-corrected chi connectivity index (χ1v) is 12.3. The van der Waals surface area contributed by atoms with Crippen molar-refractivity contribution in [1.29, 1.82) is 0 Å². The van der Waals surface area contributed by atoms with Crippen molar-refractivity contribution in [2.45, 2.75) is 10.9 Å². The van der Waals surface area contributed by atoms with E-state index in [0.717, 1.165) is 22.7 Å². The van der Waals surface area contributed by atoms with E-state index in [2.05, 4.69) is 54.6 Å². The summed E-state index contributed by atoms with van der Waals surface area (Å²) in [7, 11) is 3.31. The van der Waals surface area contributed by atoms with Gasteiger partial charge in [-0.25, -0.2) is 0 Å². The van der Waals surface area contributed by atoms with Crippen LogP contribution in [0.1, 0.15) is 11.6 Å². The van der Waals surface area contributed by atoms with Gasteiger partial charge in [-0.05, 0) is 0 Å². The number of amides is 1. The van der Waals surface area contributed by atoms with Gasteiger partial charge in [-0.3, -0.25) is 0 Å². The molecule has 4 nitrogen and oxygen atoms in total. The molecule has 0 aliphatic carbocycles. The van der Waals surface area contributed by atoms with E-state index in [4.69, 9.17) is 9.47 Å². The van der Waals surface area contributed by atoms with Gasteiger partial charge < -0.3 is 0 Å². The second-order valence-electron chi connectivity index (χ2n) is 7.64. The van der Waals surface area contributed by atoms with Crippen LogP contribution >= 0.6 is 0 Å². The molecule has 1 aliphatic rings. The number of ether oxygens (including phenoxy) is 2. The predicted molar refractivity (Wildman–Crippen MR) is 129 cm³/mol. The van der Waals surface area contributed by atoms with E-state index in [1.807, 2.05) is 41.3 Å². The summed E-state index contributed by atoms with van der Waals surface area (Å²) in [5.41, 5.74) is 2.01. The predicted octanol–water partition coefficient (Wildman–Crippen LogP) is 4.76. The Morgan fingerprint density at radius 2 is 1.38 bits per heavy atom. The second kappa shape index (κ2) is 8.70. The summed E-state index contributed by atoms with van der Waals surface area (Å²) in [4.78, 5) is 15.3. The standard InChI is InChI=1S/C27H23NO3Se/c1-30-21-14-10-19(11-15-21)25-26(27(29)28(25)20-12-16-22(31-2)17-13-20)32-24-9-5-7-18-6-3-4-8-23(18)24/h3-17,25-26H,1-2H3/t25-,26-/m1/s1. The van der Waals surface area contributed by atoms with Gasteiger partial charge in [0.2, 0.25) is 0 Å². The van der Waals surface area contributed by atoms with E-state index in [1.54, 1.807) is 14.2 Å². The third-order valence-corrected chi connectivity index (χ3v) is 8.63. The number of hydrogen-bond acceptors (Lipinski definition) is 3. The van der Waals surface area contributed by atoms with Gasteiger partial charge >= 0.3 is 194 Å². The topological polar surface area (TPSA) is 38.8 Å². The molecule has 0 aromatic heterocycles. The number of hydrogen-bond donors (Lipinski definition) is 0. The van der Waals surface area contributed by atoms with Crippen LogP contribution in [0.5, 0.6) is 11.5 Å². The number of fused-ring (bicyclic) bond motifs is 1. The van der Waals surface area contributed by atoms with Crippen molar-refractivity contribution < 1.29 is 14.3 Å². The first kappa shape index (κ1) is 20.6. The van der Waals surface area contributed by atoms with Gasteiger partial charge in [-0.15, -0.1) is 0 Å². The Balaban J connectivity index is 1.52. The van der Waals surface area contributed by atoms with E-state index in [-0.39, 0.29) is 31.7 Å². The molecule has 1 aliphatic heterocycles. The fraction of sp³-hybridized carbons (Fsp3) is 0.148. The summed E-state index contributed by atoms with van der Waals surface area (Å²) in [5, 5.41) is 2.45. The van der Waals surface area contributed by atoms with Crippen LogP contribution in [0.2, 0.25) is 4.82 Å². The zero-order valence-corrected chi connectivity index (χ0v) is 19.6. The molecule has 32 heavy (non-hydrogen) atoms. The zero-order valence-electron chi connectivity index (χ0n) is 17.9. The Morgan fingerprint density at radius 3 is 2.06 bits per heavy atom. The van der Waals surface area contributed by atoms with Gasteiger partial charge in [0.25, 0.3) is 0 Å². The monoisotopic (exact) mass is 489 g/mol. The maximum absolute atomic E-state index is 13.4. The van der Waals surface area contributed by atoms with E-state index < -0.39 is 0 Å². The third kappa shape index (κ3) is 3.64. The first-order chi connectivity index (χ1) is 15.7. The zero-order chi connectivity index (χ0) is 22.1. The van der Waals surface area contributed by atoms with Crippen LogP contribution < -0.4 is 18.8 Å². The fourth-order valence-corrected chi connectivity index (χ4v) is 7.03. The maximum atomic E-state index is 13.4. The number of carbonyl (C=O) groups is 1. The number of methoxy groups -OCH3 is 2. The van der Waals surface area contributed by atoms with Crippen LogP contribution in [0.15, 0.2) is 91.0 Å². The molecular formula is C27H23NO3Se. The van der Waals surface area contributed by atoms with Crippen molar-refractivity contribution in [3.63, 3.8) is 0 Å². The van der Waals surface area contributed by atoms with Crippen molar-refractivity contribution in [1.82, 2.24) is 0 Å². The molecule has 1 fully saturated rings. The molecular weight excluding hydrogens is 465 g/mol. The summed E-state index contributed by atoms with van der Waals surface area (Å²) in [5.74, 6) is 1.76. The summed E-state index contributed by atoms with van der Waals surface area (Å²) in [6, 6.07) is 30.5. The van der Waals surface area contributed by atoms with Gasteiger partial charge in [0.15, 0.2) is 0 Å². The van der Waals surface area contributed by atoms with Gasteiger partial charge in [-0.2, -0.15) is 0 Å². The average Bonchev–Trinajstić information content (AvgIpc) is 2.86. The third-order valence-electron chi connectivity index (χ3n) is 5.86. The van der Waals surface area contributed by atoms with Crippen LogP contribution in [0.25, 0.3) is 10.8 Å². The average molecular weight is 488 g/mol. The molecule has 1 saturated heterocycles. The molecule has 160 valence electrons. The molecule has 0 unspecified atom stereocenters. The molecule has 0 radical (unpaired) electrons. The Kier molecular flexibility index (Phi) is 5.60. The normalized spacial score (nSPS) is 17.8. The summed E-state index contributed by atoms with van der Waals surface area (Å²) in [6.07, 6.45) is 0. The summed E-state index contributed by atoms with van der Waals surface area (Å²) in [6.45, 7) is 0. The summed E-state index contributed by atoms with van der Waals surface area (Å²) < 4.78 is 11.9. The van der Waals surface area contributed by atoms with Crippen molar-refractivity contribution in [3.05, 3.63) is 96.6 Å². The van der Waals surface area contributed by atoms with Gasteiger partial charge in [0.05, 0.1) is 0 Å². The fourth-order valence-electron chi connectivity index (χ4n) is 4.17. The first-order valence-electron chi connectivity index (χ1n) is 10.4. The molecule has 0 saturated carbocycles. The van der Waals surface area contributed by atoms with E-state index in [0.29, 0.717) is 0 Å². The molecule has 4 aromatic rings.